The summed E-state index contributed by atoms with van der Waals surface area (Å²) >= 11 is 0. The first-order valence-electron chi connectivity index (χ1n) is 3.75. The van der Waals surface area contributed by atoms with Crippen molar-refractivity contribution >= 4 is 17.3 Å². The minimum absolute atomic E-state index is 0.726. The van der Waals surface area contributed by atoms with Crippen molar-refractivity contribution in [1.82, 2.24) is 0 Å². The minimum Gasteiger partial charge on any atom is -0.464 e. The molecule has 12 heavy (non-hydrogen) atoms. The molecule has 0 bridgehead atoms. The monoisotopic (exact) mass is 160 g/mol. The second kappa shape index (κ2) is 2.48. The topological polar surface area (TPSA) is 30.2 Å². The average Bonchev–Trinajstić information content (AvgIpc) is 2.53. The molecule has 0 aliphatic rings. The lowest BCUT2D eigenvalue weighted by atomic mass is 10.1. The molecule has 0 radical (unpaired) electrons. The van der Waals surface area contributed by atoms with Gasteiger partial charge >= 0.3 is 0 Å². The molecule has 2 rings (SSSR count). The van der Waals surface area contributed by atoms with Gasteiger partial charge in [-0.1, -0.05) is 0 Å². The lowest BCUT2D eigenvalue weighted by molar-refractivity contribution is 0.112. The number of fused-ring (bicyclic) bond motifs is 1. The minimum atomic E-state index is 0.726. The van der Waals surface area contributed by atoms with Crippen LogP contribution >= 0.6 is 0 Å². The van der Waals surface area contributed by atoms with E-state index >= 15 is 0 Å². The van der Waals surface area contributed by atoms with Crippen molar-refractivity contribution < 1.29 is 9.21 Å². The van der Waals surface area contributed by atoms with Crippen LogP contribution in [0.5, 0.6) is 0 Å². The van der Waals surface area contributed by atoms with Crippen molar-refractivity contribution in [3.05, 3.63) is 35.6 Å². The maximum atomic E-state index is 10.6. The second-order valence-corrected chi connectivity index (χ2v) is 2.73. The average molecular weight is 160 g/mol. The van der Waals surface area contributed by atoms with E-state index in [-0.39, 0.29) is 0 Å². The van der Waals surface area contributed by atoms with E-state index in [0.717, 1.165) is 28.4 Å². The molecule has 1 aromatic heterocycles. The highest BCUT2D eigenvalue weighted by Gasteiger charge is 2.03. The smallest absolute Gasteiger partial charge is 0.150 e. The molecule has 2 heteroatoms. The zero-order valence-corrected chi connectivity index (χ0v) is 6.70. The Bertz CT molecular complexity index is 426. The fourth-order valence-corrected chi connectivity index (χ4v) is 1.33. The Balaban J connectivity index is 2.86. The molecular weight excluding hydrogens is 152 g/mol. The Morgan fingerprint density at radius 1 is 1.33 bits per heavy atom. The number of aryl methyl sites for hydroxylation is 1. The van der Waals surface area contributed by atoms with Crippen LogP contribution in [0.2, 0.25) is 0 Å². The molecule has 0 amide bonds. The van der Waals surface area contributed by atoms with Gasteiger partial charge in [0.05, 0.1) is 6.26 Å². The maximum absolute atomic E-state index is 10.6. The summed E-state index contributed by atoms with van der Waals surface area (Å²) in [6.45, 7) is 1.92. The van der Waals surface area contributed by atoms with Crippen molar-refractivity contribution in [1.29, 1.82) is 0 Å². The van der Waals surface area contributed by atoms with Crippen molar-refractivity contribution in [2.45, 2.75) is 6.92 Å². The highest BCUT2D eigenvalue weighted by atomic mass is 16.3. The number of hydrogen-bond acceptors (Lipinski definition) is 2. The van der Waals surface area contributed by atoms with Crippen LogP contribution in [-0.4, -0.2) is 6.29 Å². The standard InChI is InChI=1S/C10H8O2/c1-7-8(6-11)2-3-10-9(7)4-5-12-10/h2-6H,1H3. The lowest BCUT2D eigenvalue weighted by Crippen LogP contribution is -1.84. The Labute approximate surface area is 69.8 Å². The van der Waals surface area contributed by atoms with E-state index in [9.17, 15) is 4.79 Å². The SMILES string of the molecule is Cc1c(C=O)ccc2occc12. The van der Waals surface area contributed by atoms with Crippen molar-refractivity contribution in [2.24, 2.45) is 0 Å². The molecule has 1 aromatic carbocycles. The van der Waals surface area contributed by atoms with Crippen LogP contribution in [0.15, 0.2) is 28.9 Å². The summed E-state index contributed by atoms with van der Waals surface area (Å²) in [5.74, 6) is 0. The number of rotatable bonds is 1. The molecule has 60 valence electrons. The first-order valence-corrected chi connectivity index (χ1v) is 3.75. The zero-order valence-electron chi connectivity index (χ0n) is 6.70. The van der Waals surface area contributed by atoms with E-state index in [1.54, 1.807) is 12.3 Å². The Morgan fingerprint density at radius 2 is 2.17 bits per heavy atom. The van der Waals surface area contributed by atoms with Crippen LogP contribution in [-0.2, 0) is 0 Å². The fraction of sp³-hybridized carbons (Fsp3) is 0.100. The van der Waals surface area contributed by atoms with E-state index in [2.05, 4.69) is 0 Å². The number of hydrogen-bond donors (Lipinski definition) is 0. The summed E-state index contributed by atoms with van der Waals surface area (Å²) in [5.41, 5.74) is 2.54. The third-order valence-corrected chi connectivity index (χ3v) is 2.07. The first kappa shape index (κ1) is 7.10. The molecule has 0 spiro atoms. The van der Waals surface area contributed by atoms with Crippen LogP contribution in [0.25, 0.3) is 11.0 Å². The third-order valence-electron chi connectivity index (χ3n) is 2.07. The maximum Gasteiger partial charge on any atom is 0.150 e. The van der Waals surface area contributed by atoms with Gasteiger partial charge in [-0.15, -0.1) is 0 Å². The molecule has 2 nitrogen and oxygen atoms in total. The molecule has 0 aliphatic carbocycles. The lowest BCUT2D eigenvalue weighted by Gasteiger charge is -1.97. The number of benzene rings is 1. The van der Waals surface area contributed by atoms with Gasteiger partial charge < -0.3 is 4.42 Å². The molecule has 0 atom stereocenters. The molecule has 2 aromatic rings. The summed E-state index contributed by atoms with van der Waals surface area (Å²) in [7, 11) is 0. The zero-order chi connectivity index (χ0) is 8.55. The van der Waals surface area contributed by atoms with E-state index in [1.165, 1.54) is 0 Å². The summed E-state index contributed by atoms with van der Waals surface area (Å²) in [6, 6.07) is 5.46. The normalized spacial score (nSPS) is 10.4. The van der Waals surface area contributed by atoms with Gasteiger partial charge in [0, 0.05) is 10.9 Å². The van der Waals surface area contributed by atoms with Gasteiger partial charge in [-0.2, -0.15) is 0 Å². The van der Waals surface area contributed by atoms with E-state index < -0.39 is 0 Å². The first-order chi connectivity index (χ1) is 5.83. The Hall–Kier alpha value is -1.57. The number of furan rings is 1. The molecule has 0 unspecified atom stereocenters. The van der Waals surface area contributed by atoms with Crippen molar-refractivity contribution in [3.8, 4) is 0 Å². The van der Waals surface area contributed by atoms with Gasteiger partial charge in [0.25, 0.3) is 0 Å². The molecular formula is C10H8O2. The predicted molar refractivity (Wildman–Crippen MR) is 46.3 cm³/mol. The number of carbonyl (C=O) groups excluding carboxylic acids is 1. The van der Waals surface area contributed by atoms with E-state index in [0.29, 0.717) is 0 Å². The molecule has 0 N–H and O–H groups in total. The Kier molecular flexibility index (Phi) is 1.47. The second-order valence-electron chi connectivity index (χ2n) is 2.73. The van der Waals surface area contributed by atoms with Crippen LogP contribution in [0, 0.1) is 6.92 Å². The largest absolute Gasteiger partial charge is 0.464 e. The number of carbonyl (C=O) groups is 1. The summed E-state index contributed by atoms with van der Waals surface area (Å²) in [5, 5.41) is 1.01. The molecule has 0 aliphatic heterocycles. The Morgan fingerprint density at radius 3 is 2.92 bits per heavy atom. The summed E-state index contributed by atoms with van der Waals surface area (Å²) < 4.78 is 5.18. The van der Waals surface area contributed by atoms with Gasteiger partial charge in [0.15, 0.2) is 0 Å². The predicted octanol–water partition coefficient (Wildman–Crippen LogP) is 2.55. The van der Waals surface area contributed by atoms with E-state index in [4.69, 9.17) is 4.42 Å². The highest BCUT2D eigenvalue weighted by Crippen LogP contribution is 2.21. The van der Waals surface area contributed by atoms with Gasteiger partial charge in [0.1, 0.15) is 11.9 Å². The third kappa shape index (κ3) is 0.848. The van der Waals surface area contributed by atoms with Gasteiger partial charge in [-0.05, 0) is 30.7 Å². The fourth-order valence-electron chi connectivity index (χ4n) is 1.33. The van der Waals surface area contributed by atoms with Crippen LogP contribution in [0.3, 0.4) is 0 Å². The summed E-state index contributed by atoms with van der Waals surface area (Å²) in [6.07, 6.45) is 2.49. The number of aldehydes is 1. The van der Waals surface area contributed by atoms with Crippen molar-refractivity contribution in [2.75, 3.05) is 0 Å². The van der Waals surface area contributed by atoms with E-state index in [1.807, 2.05) is 19.1 Å². The van der Waals surface area contributed by atoms with Crippen LogP contribution in [0.4, 0.5) is 0 Å². The van der Waals surface area contributed by atoms with Gasteiger partial charge in [-0.3, -0.25) is 4.79 Å². The van der Waals surface area contributed by atoms with Gasteiger partial charge in [0.2, 0.25) is 0 Å². The molecule has 0 fully saturated rings. The quantitative estimate of drug-likeness (QED) is 0.600. The van der Waals surface area contributed by atoms with Crippen molar-refractivity contribution in [3.63, 3.8) is 0 Å². The molecule has 0 saturated carbocycles. The van der Waals surface area contributed by atoms with Crippen LogP contribution < -0.4 is 0 Å². The van der Waals surface area contributed by atoms with Crippen LogP contribution in [0.1, 0.15) is 15.9 Å². The highest BCUT2D eigenvalue weighted by molar-refractivity contribution is 5.90. The summed E-state index contributed by atoms with van der Waals surface area (Å²) in [4.78, 5) is 10.6. The van der Waals surface area contributed by atoms with Gasteiger partial charge in [-0.25, -0.2) is 0 Å². The molecule has 1 heterocycles. The molecule has 0 saturated heterocycles.